The third kappa shape index (κ3) is 4.56. The molecular formula is C16H14INO3. The molecule has 0 aliphatic carbocycles. The Hall–Kier alpha value is -1.89. The standard InChI is InChI=1S/C16H14INO3/c1-11-8-13(17)4-7-15(11)18-16(20)10-21-14-5-2-12(9-19)3-6-14/h2-9H,10H2,1H3,(H,18,20). The number of hydrogen-bond acceptors (Lipinski definition) is 3. The third-order valence-electron chi connectivity index (χ3n) is 2.85. The van der Waals surface area contributed by atoms with Crippen LogP contribution in [0.4, 0.5) is 5.69 Å². The fourth-order valence-corrected chi connectivity index (χ4v) is 2.39. The van der Waals surface area contributed by atoms with Gasteiger partial charge in [0, 0.05) is 14.8 Å². The number of nitrogens with one attached hydrogen (secondary N) is 1. The highest BCUT2D eigenvalue weighted by molar-refractivity contribution is 14.1. The summed E-state index contributed by atoms with van der Waals surface area (Å²) >= 11 is 2.22. The van der Waals surface area contributed by atoms with E-state index in [4.69, 9.17) is 4.74 Å². The monoisotopic (exact) mass is 395 g/mol. The van der Waals surface area contributed by atoms with Crippen LogP contribution in [0.2, 0.25) is 0 Å². The van der Waals surface area contributed by atoms with E-state index in [0.717, 1.165) is 21.1 Å². The lowest BCUT2D eigenvalue weighted by atomic mass is 10.2. The average Bonchev–Trinajstić information content (AvgIpc) is 2.48. The molecule has 4 nitrogen and oxygen atoms in total. The van der Waals surface area contributed by atoms with Gasteiger partial charge in [-0.05, 0) is 77.5 Å². The Morgan fingerprint density at radius 2 is 1.95 bits per heavy atom. The highest BCUT2D eigenvalue weighted by atomic mass is 127. The van der Waals surface area contributed by atoms with Gasteiger partial charge < -0.3 is 10.1 Å². The summed E-state index contributed by atoms with van der Waals surface area (Å²) in [7, 11) is 0. The molecule has 0 spiro atoms. The molecule has 0 aliphatic heterocycles. The van der Waals surface area contributed by atoms with Crippen molar-refractivity contribution in [3.05, 3.63) is 57.2 Å². The second kappa shape index (κ2) is 7.21. The molecule has 0 bridgehead atoms. The summed E-state index contributed by atoms with van der Waals surface area (Å²) in [6.07, 6.45) is 0.760. The van der Waals surface area contributed by atoms with Crippen LogP contribution < -0.4 is 10.1 Å². The van der Waals surface area contributed by atoms with Crippen molar-refractivity contribution >= 4 is 40.5 Å². The van der Waals surface area contributed by atoms with Gasteiger partial charge in [0.1, 0.15) is 12.0 Å². The van der Waals surface area contributed by atoms with Crippen molar-refractivity contribution < 1.29 is 14.3 Å². The van der Waals surface area contributed by atoms with Crippen molar-refractivity contribution in [3.8, 4) is 5.75 Å². The van der Waals surface area contributed by atoms with E-state index < -0.39 is 0 Å². The molecule has 5 heteroatoms. The molecule has 0 radical (unpaired) electrons. The first-order valence-electron chi connectivity index (χ1n) is 6.32. The third-order valence-corrected chi connectivity index (χ3v) is 3.52. The number of rotatable bonds is 5. The Labute approximate surface area is 136 Å². The summed E-state index contributed by atoms with van der Waals surface area (Å²) < 4.78 is 6.49. The van der Waals surface area contributed by atoms with Crippen molar-refractivity contribution in [3.63, 3.8) is 0 Å². The molecule has 2 aromatic rings. The molecule has 1 amide bonds. The Balaban J connectivity index is 1.90. The SMILES string of the molecule is Cc1cc(I)ccc1NC(=O)COc1ccc(C=O)cc1. The zero-order valence-electron chi connectivity index (χ0n) is 11.4. The summed E-state index contributed by atoms with van der Waals surface area (Å²) in [5.74, 6) is 0.328. The van der Waals surface area contributed by atoms with E-state index in [1.807, 2.05) is 25.1 Å². The maximum absolute atomic E-state index is 11.9. The van der Waals surface area contributed by atoms with Crippen LogP contribution in [0, 0.1) is 10.5 Å². The second-order valence-corrected chi connectivity index (χ2v) is 5.73. The highest BCUT2D eigenvalue weighted by Gasteiger charge is 2.06. The second-order valence-electron chi connectivity index (χ2n) is 4.48. The van der Waals surface area contributed by atoms with E-state index in [-0.39, 0.29) is 12.5 Å². The lowest BCUT2D eigenvalue weighted by Gasteiger charge is -2.10. The number of anilines is 1. The zero-order chi connectivity index (χ0) is 15.2. The molecule has 0 saturated carbocycles. The number of amides is 1. The number of carbonyl (C=O) groups excluding carboxylic acids is 2. The minimum atomic E-state index is -0.223. The van der Waals surface area contributed by atoms with Gasteiger partial charge in [-0.1, -0.05) is 0 Å². The fourth-order valence-electron chi connectivity index (χ4n) is 1.75. The Kier molecular flexibility index (Phi) is 5.32. The Morgan fingerprint density at radius 3 is 2.57 bits per heavy atom. The van der Waals surface area contributed by atoms with Gasteiger partial charge in [-0.2, -0.15) is 0 Å². The minimum Gasteiger partial charge on any atom is -0.484 e. The van der Waals surface area contributed by atoms with Crippen LogP contribution in [0.15, 0.2) is 42.5 Å². The summed E-state index contributed by atoms with van der Waals surface area (Å²) in [6, 6.07) is 12.4. The first-order valence-corrected chi connectivity index (χ1v) is 7.40. The van der Waals surface area contributed by atoms with Crippen LogP contribution >= 0.6 is 22.6 Å². The topological polar surface area (TPSA) is 55.4 Å². The number of benzene rings is 2. The molecule has 2 aromatic carbocycles. The van der Waals surface area contributed by atoms with Gasteiger partial charge >= 0.3 is 0 Å². The Morgan fingerprint density at radius 1 is 1.24 bits per heavy atom. The summed E-state index contributed by atoms with van der Waals surface area (Å²) in [5.41, 5.74) is 2.35. The van der Waals surface area contributed by atoms with E-state index in [9.17, 15) is 9.59 Å². The minimum absolute atomic E-state index is 0.0775. The first kappa shape index (κ1) is 15.5. The van der Waals surface area contributed by atoms with E-state index in [1.54, 1.807) is 24.3 Å². The van der Waals surface area contributed by atoms with E-state index >= 15 is 0 Å². The quantitative estimate of drug-likeness (QED) is 0.624. The van der Waals surface area contributed by atoms with Gasteiger partial charge in [-0.3, -0.25) is 9.59 Å². The summed E-state index contributed by atoms with van der Waals surface area (Å²) in [5, 5.41) is 2.81. The molecule has 2 rings (SSSR count). The van der Waals surface area contributed by atoms with Crippen LogP contribution in [-0.2, 0) is 4.79 Å². The van der Waals surface area contributed by atoms with Crippen LogP contribution in [0.3, 0.4) is 0 Å². The lowest BCUT2D eigenvalue weighted by Crippen LogP contribution is -2.20. The molecule has 0 saturated heterocycles. The molecule has 21 heavy (non-hydrogen) atoms. The van der Waals surface area contributed by atoms with Gasteiger partial charge in [0.25, 0.3) is 5.91 Å². The maximum Gasteiger partial charge on any atom is 0.262 e. The normalized spacial score (nSPS) is 10.0. The molecule has 0 atom stereocenters. The van der Waals surface area contributed by atoms with Crippen molar-refractivity contribution in [1.29, 1.82) is 0 Å². The first-order chi connectivity index (χ1) is 10.1. The molecule has 0 aromatic heterocycles. The predicted octanol–water partition coefficient (Wildman–Crippen LogP) is 3.43. The highest BCUT2D eigenvalue weighted by Crippen LogP contribution is 2.17. The smallest absolute Gasteiger partial charge is 0.262 e. The number of aldehydes is 1. The predicted molar refractivity (Wildman–Crippen MR) is 89.9 cm³/mol. The zero-order valence-corrected chi connectivity index (χ0v) is 13.6. The van der Waals surface area contributed by atoms with Crippen LogP contribution in [-0.4, -0.2) is 18.8 Å². The van der Waals surface area contributed by atoms with Crippen molar-refractivity contribution in [2.45, 2.75) is 6.92 Å². The number of carbonyl (C=O) groups is 2. The fraction of sp³-hybridized carbons (Fsp3) is 0.125. The molecule has 0 heterocycles. The van der Waals surface area contributed by atoms with Crippen molar-refractivity contribution in [2.24, 2.45) is 0 Å². The average molecular weight is 395 g/mol. The lowest BCUT2D eigenvalue weighted by molar-refractivity contribution is -0.118. The van der Waals surface area contributed by atoms with Crippen LogP contribution in [0.25, 0.3) is 0 Å². The van der Waals surface area contributed by atoms with Gasteiger partial charge in [-0.25, -0.2) is 0 Å². The van der Waals surface area contributed by atoms with Gasteiger partial charge in [-0.15, -0.1) is 0 Å². The number of aryl methyl sites for hydroxylation is 1. The molecule has 1 N–H and O–H groups in total. The van der Waals surface area contributed by atoms with Crippen LogP contribution in [0.5, 0.6) is 5.75 Å². The van der Waals surface area contributed by atoms with E-state index in [1.165, 1.54) is 0 Å². The molecule has 0 unspecified atom stereocenters. The molecule has 108 valence electrons. The van der Waals surface area contributed by atoms with Crippen molar-refractivity contribution in [1.82, 2.24) is 0 Å². The van der Waals surface area contributed by atoms with Gasteiger partial charge in [0.05, 0.1) is 0 Å². The molecule has 0 aliphatic rings. The van der Waals surface area contributed by atoms with E-state index in [0.29, 0.717) is 11.3 Å². The van der Waals surface area contributed by atoms with Gasteiger partial charge in [0.15, 0.2) is 6.61 Å². The Bertz CT molecular complexity index is 653. The molecular weight excluding hydrogens is 381 g/mol. The van der Waals surface area contributed by atoms with E-state index in [2.05, 4.69) is 27.9 Å². The summed E-state index contributed by atoms with van der Waals surface area (Å²) in [6.45, 7) is 1.86. The summed E-state index contributed by atoms with van der Waals surface area (Å²) in [4.78, 5) is 22.4. The maximum atomic E-state index is 11.9. The largest absolute Gasteiger partial charge is 0.484 e. The number of ether oxygens (including phenoxy) is 1. The van der Waals surface area contributed by atoms with Crippen molar-refractivity contribution in [2.75, 3.05) is 11.9 Å². The van der Waals surface area contributed by atoms with Gasteiger partial charge in [0.2, 0.25) is 0 Å². The number of hydrogen-bond donors (Lipinski definition) is 1. The molecule has 0 fully saturated rings. The number of halogens is 1. The van der Waals surface area contributed by atoms with Crippen LogP contribution in [0.1, 0.15) is 15.9 Å².